The number of hydrogen-bond donors (Lipinski definition) is 3. The molecule has 0 saturated carbocycles. The molecule has 0 atom stereocenters. The number of anilines is 3. The molecule has 1 aromatic heterocycles. The molecule has 46 heavy (non-hydrogen) atoms. The van der Waals surface area contributed by atoms with Crippen LogP contribution >= 0.6 is 11.6 Å². The molecule has 3 N–H and O–H groups in total. The van der Waals surface area contributed by atoms with Crippen molar-refractivity contribution in [2.24, 2.45) is 0 Å². The third-order valence-electron chi connectivity index (χ3n) is 6.89. The van der Waals surface area contributed by atoms with Gasteiger partial charge in [-0.1, -0.05) is 17.7 Å². The Kier molecular flexibility index (Phi) is 12.2. The number of amides is 2. The minimum absolute atomic E-state index is 0.0984. The second-order valence-corrected chi connectivity index (χ2v) is 12.2. The summed E-state index contributed by atoms with van der Waals surface area (Å²) < 4.78 is 16.2. The van der Waals surface area contributed by atoms with Gasteiger partial charge in [-0.2, -0.15) is 4.98 Å². The minimum Gasteiger partial charge on any atom is -0.466 e. The first-order valence-electron chi connectivity index (χ1n) is 15.3. The van der Waals surface area contributed by atoms with E-state index in [0.29, 0.717) is 35.7 Å². The number of likely N-dealkylation sites (tertiary alicyclic amines) is 1. The summed E-state index contributed by atoms with van der Waals surface area (Å²) in [6, 6.07) is 13.9. The number of benzene rings is 2. The molecular formula is C33H41ClN6O6. The molecule has 0 bridgehead atoms. The number of halogens is 1. The molecule has 2 aromatic carbocycles. The van der Waals surface area contributed by atoms with Crippen LogP contribution < -0.4 is 20.7 Å². The molecule has 4 rings (SSSR count). The van der Waals surface area contributed by atoms with Gasteiger partial charge >= 0.3 is 12.1 Å². The molecule has 0 aliphatic carbocycles. The molecule has 0 radical (unpaired) electrons. The van der Waals surface area contributed by atoms with Crippen molar-refractivity contribution in [1.82, 2.24) is 20.2 Å². The van der Waals surface area contributed by atoms with Crippen molar-refractivity contribution in [2.75, 3.05) is 36.9 Å². The maximum atomic E-state index is 12.9. The lowest BCUT2D eigenvalue weighted by atomic mass is 10.0. The van der Waals surface area contributed by atoms with Gasteiger partial charge in [-0.3, -0.25) is 14.9 Å². The molecule has 0 unspecified atom stereocenters. The maximum Gasteiger partial charge on any atom is 0.412 e. The van der Waals surface area contributed by atoms with Crippen molar-refractivity contribution >= 4 is 46.9 Å². The number of hydrogen-bond acceptors (Lipinski definition) is 10. The lowest BCUT2D eigenvalue weighted by Gasteiger charge is -2.32. The van der Waals surface area contributed by atoms with Crippen LogP contribution in [-0.4, -0.2) is 70.7 Å². The average Bonchev–Trinajstić information content (AvgIpc) is 2.99. The molecule has 3 aromatic rings. The highest BCUT2D eigenvalue weighted by atomic mass is 35.5. The van der Waals surface area contributed by atoms with E-state index in [4.69, 9.17) is 25.8 Å². The predicted octanol–water partition coefficient (Wildman–Crippen LogP) is 6.55. The number of ether oxygens (including phenoxy) is 3. The van der Waals surface area contributed by atoms with Crippen molar-refractivity contribution in [1.29, 1.82) is 0 Å². The van der Waals surface area contributed by atoms with Gasteiger partial charge in [0.1, 0.15) is 16.4 Å². The Balaban J connectivity index is 1.27. The normalized spacial score (nSPS) is 13.8. The van der Waals surface area contributed by atoms with Crippen LogP contribution in [0.2, 0.25) is 5.02 Å². The Morgan fingerprint density at radius 3 is 2.48 bits per heavy atom. The fraction of sp³-hybridized carbons (Fsp3) is 0.424. The summed E-state index contributed by atoms with van der Waals surface area (Å²) in [5.41, 5.74) is 1.07. The second kappa shape index (κ2) is 16.2. The number of carbonyl (C=O) groups excluding carboxylic acids is 3. The molecule has 1 fully saturated rings. The molecule has 246 valence electrons. The quantitative estimate of drug-likeness (QED) is 0.184. The summed E-state index contributed by atoms with van der Waals surface area (Å²) >= 11 is 6.30. The molecule has 2 heterocycles. The highest BCUT2D eigenvalue weighted by Gasteiger charge is 2.21. The summed E-state index contributed by atoms with van der Waals surface area (Å²) in [5.74, 6) is 0.479. The van der Waals surface area contributed by atoms with Gasteiger partial charge in [0, 0.05) is 48.6 Å². The van der Waals surface area contributed by atoms with Gasteiger partial charge in [0.2, 0.25) is 11.8 Å². The summed E-state index contributed by atoms with van der Waals surface area (Å²) in [6.07, 6.45) is 3.75. The molecule has 13 heteroatoms. The Morgan fingerprint density at radius 2 is 1.78 bits per heavy atom. The first-order chi connectivity index (χ1) is 22.0. The van der Waals surface area contributed by atoms with Crippen molar-refractivity contribution in [3.05, 3.63) is 65.3 Å². The van der Waals surface area contributed by atoms with Crippen molar-refractivity contribution in [3.8, 4) is 11.6 Å². The zero-order valence-electron chi connectivity index (χ0n) is 26.6. The number of aromatic nitrogens is 2. The van der Waals surface area contributed by atoms with Crippen molar-refractivity contribution in [3.63, 3.8) is 0 Å². The number of piperidine rings is 1. The fourth-order valence-electron chi connectivity index (χ4n) is 4.74. The number of carbonyl (C=O) groups is 3. The van der Waals surface area contributed by atoms with E-state index in [2.05, 4.69) is 30.8 Å². The van der Waals surface area contributed by atoms with Crippen LogP contribution in [0, 0.1) is 0 Å². The maximum absolute atomic E-state index is 12.9. The van der Waals surface area contributed by atoms with E-state index < -0.39 is 11.7 Å². The standard InChI is InChI=1S/C33H41ClN6O6/c1-5-44-28(41)10-7-17-40-18-15-24(16-19-40)36-29(42)22-11-13-23(14-12-22)37-31-35-21-27(34)30(39-31)45-26-9-6-8-25(20-26)38-32(43)46-33(2,3)4/h6,8-9,11-14,20-21,24H,5,7,10,15-19H2,1-4H3,(H,36,42)(H,38,43)(H,35,37,39). The average molecular weight is 653 g/mol. The topological polar surface area (TPSA) is 144 Å². The van der Waals surface area contributed by atoms with Crippen LogP contribution in [0.15, 0.2) is 54.7 Å². The third kappa shape index (κ3) is 11.2. The van der Waals surface area contributed by atoms with Gasteiger partial charge in [0.15, 0.2) is 0 Å². The van der Waals surface area contributed by atoms with Crippen LogP contribution in [0.3, 0.4) is 0 Å². The van der Waals surface area contributed by atoms with Gasteiger partial charge in [-0.15, -0.1) is 0 Å². The molecule has 1 aliphatic rings. The monoisotopic (exact) mass is 652 g/mol. The van der Waals surface area contributed by atoms with E-state index in [1.54, 1.807) is 69.3 Å². The van der Waals surface area contributed by atoms with E-state index in [1.165, 1.54) is 6.20 Å². The highest BCUT2D eigenvalue weighted by molar-refractivity contribution is 6.31. The van der Waals surface area contributed by atoms with Crippen LogP contribution in [0.4, 0.5) is 22.1 Å². The van der Waals surface area contributed by atoms with Gasteiger partial charge in [-0.05, 0) is 89.9 Å². The van der Waals surface area contributed by atoms with Gasteiger partial charge < -0.3 is 29.7 Å². The predicted molar refractivity (Wildman–Crippen MR) is 176 cm³/mol. The van der Waals surface area contributed by atoms with E-state index in [0.717, 1.165) is 38.9 Å². The molecule has 0 spiro atoms. The lowest BCUT2D eigenvalue weighted by molar-refractivity contribution is -0.143. The van der Waals surface area contributed by atoms with Gasteiger partial charge in [0.05, 0.1) is 12.8 Å². The summed E-state index contributed by atoms with van der Waals surface area (Å²) in [6.45, 7) is 10.2. The van der Waals surface area contributed by atoms with Crippen LogP contribution in [0.25, 0.3) is 0 Å². The summed E-state index contributed by atoms with van der Waals surface area (Å²) in [7, 11) is 0. The molecule has 1 aliphatic heterocycles. The zero-order valence-corrected chi connectivity index (χ0v) is 27.4. The lowest BCUT2D eigenvalue weighted by Crippen LogP contribution is -2.44. The van der Waals surface area contributed by atoms with Crippen LogP contribution in [0.5, 0.6) is 11.6 Å². The Morgan fingerprint density at radius 1 is 1.04 bits per heavy atom. The largest absolute Gasteiger partial charge is 0.466 e. The number of nitrogens with zero attached hydrogens (tertiary/aromatic N) is 3. The van der Waals surface area contributed by atoms with Gasteiger partial charge in [-0.25, -0.2) is 9.78 Å². The van der Waals surface area contributed by atoms with Crippen LogP contribution in [0.1, 0.15) is 63.7 Å². The highest BCUT2D eigenvalue weighted by Crippen LogP contribution is 2.30. The zero-order chi connectivity index (χ0) is 33.1. The number of esters is 1. The Labute approximate surface area is 274 Å². The summed E-state index contributed by atoms with van der Waals surface area (Å²) in [5, 5.41) is 9.10. The first kappa shape index (κ1) is 34.5. The molecule has 1 saturated heterocycles. The Hall–Kier alpha value is -4.42. The molecule has 2 amide bonds. The summed E-state index contributed by atoms with van der Waals surface area (Å²) in [4.78, 5) is 47.5. The Bertz CT molecular complexity index is 1490. The van der Waals surface area contributed by atoms with Crippen molar-refractivity contribution in [2.45, 2.75) is 65.0 Å². The SMILES string of the molecule is CCOC(=O)CCCN1CCC(NC(=O)c2ccc(Nc3ncc(Cl)c(Oc4cccc(NC(=O)OC(C)(C)C)c4)n3)cc2)CC1. The van der Waals surface area contributed by atoms with Crippen LogP contribution in [-0.2, 0) is 14.3 Å². The number of nitrogens with one attached hydrogen (secondary N) is 3. The fourth-order valence-corrected chi connectivity index (χ4v) is 4.87. The van der Waals surface area contributed by atoms with Gasteiger partial charge in [0.25, 0.3) is 5.91 Å². The van der Waals surface area contributed by atoms with E-state index in [1.807, 2.05) is 6.92 Å². The number of rotatable bonds is 12. The molecule has 12 nitrogen and oxygen atoms in total. The second-order valence-electron chi connectivity index (χ2n) is 11.8. The van der Waals surface area contributed by atoms with Crippen molar-refractivity contribution < 1.29 is 28.6 Å². The minimum atomic E-state index is -0.628. The smallest absolute Gasteiger partial charge is 0.412 e. The van der Waals surface area contributed by atoms with E-state index in [-0.39, 0.29) is 34.8 Å². The molecular weight excluding hydrogens is 612 g/mol. The van der Waals surface area contributed by atoms with E-state index in [9.17, 15) is 14.4 Å². The third-order valence-corrected chi connectivity index (χ3v) is 7.15. The van der Waals surface area contributed by atoms with E-state index >= 15 is 0 Å². The first-order valence-corrected chi connectivity index (χ1v) is 15.7.